The van der Waals surface area contributed by atoms with Gasteiger partial charge in [-0.2, -0.15) is 0 Å². The van der Waals surface area contributed by atoms with E-state index in [0.717, 1.165) is 5.57 Å². The van der Waals surface area contributed by atoms with E-state index in [1.807, 2.05) is 6.92 Å². The van der Waals surface area contributed by atoms with Crippen molar-refractivity contribution >= 4 is 23.6 Å². The predicted molar refractivity (Wildman–Crippen MR) is 58.8 cm³/mol. The number of β-lactam (4-membered cyclic amide) rings is 1. The Kier molecular flexibility index (Phi) is 2.94. The maximum absolute atomic E-state index is 11.7. The van der Waals surface area contributed by atoms with Gasteiger partial charge >= 0.3 is 5.97 Å². The van der Waals surface area contributed by atoms with Gasteiger partial charge in [-0.25, -0.2) is 4.79 Å². The summed E-state index contributed by atoms with van der Waals surface area (Å²) in [5.41, 5.74) is 0.863. The number of nitrogens with zero attached hydrogens (tertiary/aromatic N) is 1. The molecule has 1 fully saturated rings. The van der Waals surface area contributed by atoms with Crippen molar-refractivity contribution < 1.29 is 19.4 Å². The van der Waals surface area contributed by atoms with Crippen LogP contribution < -0.4 is 0 Å². The van der Waals surface area contributed by atoms with Crippen molar-refractivity contribution in [3.63, 3.8) is 0 Å². The van der Waals surface area contributed by atoms with Gasteiger partial charge in [0.15, 0.2) is 6.10 Å². The zero-order valence-electron chi connectivity index (χ0n) is 9.10. The van der Waals surface area contributed by atoms with Gasteiger partial charge in [-0.3, -0.25) is 9.69 Å². The molecule has 2 aliphatic heterocycles. The van der Waals surface area contributed by atoms with Crippen molar-refractivity contribution in [3.8, 4) is 0 Å². The molecule has 1 saturated heterocycles. The largest absolute Gasteiger partial charge is 0.477 e. The number of thioether (sulfide) groups is 1. The number of hydrogen-bond acceptors (Lipinski definition) is 4. The number of carbonyl (C=O) groups excluding carboxylic acids is 1. The summed E-state index contributed by atoms with van der Waals surface area (Å²) in [6.07, 6.45) is -0.475. The summed E-state index contributed by atoms with van der Waals surface area (Å²) in [5.74, 6) is -0.637. The number of hydrogen-bond donors (Lipinski definition) is 1. The highest BCUT2D eigenvalue weighted by molar-refractivity contribution is 8.00. The minimum absolute atomic E-state index is 0.129. The van der Waals surface area contributed by atoms with E-state index in [1.165, 1.54) is 4.90 Å². The van der Waals surface area contributed by atoms with Crippen LogP contribution in [0.25, 0.3) is 0 Å². The van der Waals surface area contributed by atoms with Crippen LogP contribution in [0.5, 0.6) is 0 Å². The first kappa shape index (κ1) is 11.5. The van der Waals surface area contributed by atoms with Crippen molar-refractivity contribution in [1.29, 1.82) is 0 Å². The molecule has 0 aliphatic carbocycles. The maximum Gasteiger partial charge on any atom is 0.352 e. The highest BCUT2D eigenvalue weighted by atomic mass is 32.2. The molecule has 1 N–H and O–H groups in total. The Bertz CT molecular complexity index is 379. The Morgan fingerprint density at radius 1 is 1.69 bits per heavy atom. The average Bonchev–Trinajstić information content (AvgIpc) is 2.25. The zero-order valence-corrected chi connectivity index (χ0v) is 9.91. The van der Waals surface area contributed by atoms with Crippen LogP contribution in [0.4, 0.5) is 0 Å². The fourth-order valence-corrected chi connectivity index (χ4v) is 3.23. The van der Waals surface area contributed by atoms with E-state index in [4.69, 9.17) is 9.84 Å². The summed E-state index contributed by atoms with van der Waals surface area (Å²) in [6.45, 7) is 4.03. The van der Waals surface area contributed by atoms with Crippen molar-refractivity contribution in [3.05, 3.63) is 11.3 Å². The van der Waals surface area contributed by atoms with Crippen LogP contribution in [0, 0.1) is 0 Å². The minimum atomic E-state index is -1.04. The molecule has 16 heavy (non-hydrogen) atoms. The lowest BCUT2D eigenvalue weighted by Crippen LogP contribution is -2.65. The second-order valence-electron chi connectivity index (χ2n) is 3.72. The Balaban J connectivity index is 2.24. The van der Waals surface area contributed by atoms with Crippen LogP contribution in [0.15, 0.2) is 11.3 Å². The van der Waals surface area contributed by atoms with Crippen molar-refractivity contribution in [2.75, 3.05) is 12.4 Å². The smallest absolute Gasteiger partial charge is 0.352 e. The van der Waals surface area contributed by atoms with Crippen LogP contribution in [-0.4, -0.2) is 45.7 Å². The van der Waals surface area contributed by atoms with E-state index in [-0.39, 0.29) is 17.0 Å². The third-order valence-electron chi connectivity index (χ3n) is 2.66. The monoisotopic (exact) mass is 243 g/mol. The van der Waals surface area contributed by atoms with Gasteiger partial charge in [-0.1, -0.05) is 0 Å². The van der Waals surface area contributed by atoms with Gasteiger partial charge in [0.2, 0.25) is 0 Å². The Hall–Kier alpha value is -1.01. The molecular weight excluding hydrogens is 230 g/mol. The lowest BCUT2D eigenvalue weighted by Gasteiger charge is -2.48. The number of amides is 1. The molecule has 0 aromatic heterocycles. The van der Waals surface area contributed by atoms with E-state index in [1.54, 1.807) is 18.7 Å². The van der Waals surface area contributed by atoms with Gasteiger partial charge in [-0.15, -0.1) is 11.8 Å². The Labute approximate surface area is 97.4 Å². The van der Waals surface area contributed by atoms with Gasteiger partial charge in [-0.05, 0) is 19.4 Å². The first-order valence-electron chi connectivity index (χ1n) is 5.07. The van der Waals surface area contributed by atoms with E-state index < -0.39 is 12.1 Å². The summed E-state index contributed by atoms with van der Waals surface area (Å²) in [4.78, 5) is 24.1. The third kappa shape index (κ3) is 1.53. The number of carbonyl (C=O) groups is 2. The molecule has 2 atom stereocenters. The lowest BCUT2D eigenvalue weighted by molar-refractivity contribution is -0.164. The molecular formula is C10H13NO4S. The topological polar surface area (TPSA) is 66.8 Å². The predicted octanol–water partition coefficient (Wildman–Crippen LogP) is 0.665. The average molecular weight is 243 g/mol. The first-order chi connectivity index (χ1) is 7.57. The maximum atomic E-state index is 11.7. The molecule has 2 heterocycles. The minimum Gasteiger partial charge on any atom is -0.477 e. The third-order valence-corrected chi connectivity index (χ3v) is 4.06. The summed E-state index contributed by atoms with van der Waals surface area (Å²) in [7, 11) is 0. The molecule has 6 heteroatoms. The molecule has 2 rings (SSSR count). The summed E-state index contributed by atoms with van der Waals surface area (Å²) in [6, 6.07) is 0. The number of fused-ring (bicyclic) bond motifs is 1. The molecule has 0 radical (unpaired) electrons. The van der Waals surface area contributed by atoms with Crippen molar-refractivity contribution in [1.82, 2.24) is 4.90 Å². The normalized spacial score (nSPS) is 28.9. The number of carboxylic acids is 1. The van der Waals surface area contributed by atoms with Gasteiger partial charge in [0, 0.05) is 12.4 Å². The van der Waals surface area contributed by atoms with E-state index >= 15 is 0 Å². The van der Waals surface area contributed by atoms with Gasteiger partial charge in [0.25, 0.3) is 5.91 Å². The summed E-state index contributed by atoms with van der Waals surface area (Å²) >= 11 is 1.55. The van der Waals surface area contributed by atoms with E-state index in [9.17, 15) is 9.59 Å². The second kappa shape index (κ2) is 4.10. The van der Waals surface area contributed by atoms with Crippen LogP contribution >= 0.6 is 11.8 Å². The highest BCUT2D eigenvalue weighted by Gasteiger charge is 2.53. The van der Waals surface area contributed by atoms with Crippen LogP contribution in [-0.2, 0) is 14.3 Å². The first-order valence-corrected chi connectivity index (χ1v) is 6.12. The van der Waals surface area contributed by atoms with Crippen LogP contribution in [0.1, 0.15) is 13.8 Å². The van der Waals surface area contributed by atoms with E-state index in [0.29, 0.717) is 12.4 Å². The number of ether oxygens (including phenoxy) is 1. The Morgan fingerprint density at radius 2 is 2.38 bits per heavy atom. The molecule has 5 nitrogen and oxygen atoms in total. The quantitative estimate of drug-likeness (QED) is 0.738. The molecule has 0 saturated carbocycles. The number of carboxylic acid groups (broad SMARTS) is 1. The van der Waals surface area contributed by atoms with Gasteiger partial charge in [0.05, 0.1) is 0 Å². The number of rotatable bonds is 3. The SMILES string of the molecule is CCO[C@H]1C(=O)N2C(C(=O)O)=C(C)CS[C@H]12. The molecule has 0 unspecified atom stereocenters. The fraction of sp³-hybridized carbons (Fsp3) is 0.600. The molecule has 1 amide bonds. The molecule has 2 aliphatic rings. The molecule has 88 valence electrons. The van der Waals surface area contributed by atoms with E-state index in [2.05, 4.69) is 0 Å². The molecule has 0 aromatic carbocycles. The van der Waals surface area contributed by atoms with Crippen molar-refractivity contribution in [2.24, 2.45) is 0 Å². The second-order valence-corrected chi connectivity index (χ2v) is 4.82. The van der Waals surface area contributed by atoms with Gasteiger partial charge in [0.1, 0.15) is 11.1 Å². The fourth-order valence-electron chi connectivity index (χ4n) is 1.94. The van der Waals surface area contributed by atoms with Crippen molar-refractivity contribution in [2.45, 2.75) is 25.3 Å². The zero-order chi connectivity index (χ0) is 11.9. The standard InChI is InChI=1S/C10H13NO4S/c1-3-15-7-8(12)11-6(10(13)14)5(2)4-16-9(7)11/h7,9H,3-4H2,1-2H3,(H,13,14)/t7-,9+/m0/s1. The highest BCUT2D eigenvalue weighted by Crippen LogP contribution is 2.41. The van der Waals surface area contributed by atoms with Gasteiger partial charge < -0.3 is 9.84 Å². The summed E-state index contributed by atoms with van der Waals surface area (Å²) < 4.78 is 5.30. The van der Waals surface area contributed by atoms with Crippen LogP contribution in [0.3, 0.4) is 0 Å². The molecule has 0 spiro atoms. The van der Waals surface area contributed by atoms with Crippen LogP contribution in [0.2, 0.25) is 0 Å². The molecule has 0 aromatic rings. The Morgan fingerprint density at radius 3 is 2.94 bits per heavy atom. The summed E-state index contributed by atoms with van der Waals surface area (Å²) in [5, 5.41) is 8.90. The molecule has 0 bridgehead atoms. The lowest BCUT2D eigenvalue weighted by atomic mass is 10.1. The number of aliphatic carboxylic acids is 1.